The lowest BCUT2D eigenvalue weighted by molar-refractivity contribution is 0.0816. The van der Waals surface area contributed by atoms with Crippen molar-refractivity contribution >= 4 is 0 Å². The van der Waals surface area contributed by atoms with E-state index in [1.807, 2.05) is 24.0 Å². The number of hydrogen-bond acceptors (Lipinski definition) is 2. The molecule has 1 aromatic heterocycles. The molecule has 2 rings (SSSR count). The Morgan fingerprint density at radius 1 is 1.56 bits per heavy atom. The molecule has 0 aliphatic heterocycles. The van der Waals surface area contributed by atoms with E-state index in [0.29, 0.717) is 11.8 Å². The Morgan fingerprint density at radius 3 is 2.94 bits per heavy atom. The van der Waals surface area contributed by atoms with E-state index >= 15 is 0 Å². The van der Waals surface area contributed by atoms with Crippen LogP contribution in [0, 0.1) is 11.8 Å². The third-order valence-electron chi connectivity index (χ3n) is 4.01. The van der Waals surface area contributed by atoms with Gasteiger partial charge >= 0.3 is 0 Å². The first-order chi connectivity index (χ1) is 7.68. The molecular weight excluding hydrogens is 200 g/mol. The van der Waals surface area contributed by atoms with Gasteiger partial charge in [-0.25, -0.2) is 4.98 Å². The van der Waals surface area contributed by atoms with E-state index < -0.39 is 0 Å². The van der Waals surface area contributed by atoms with Crippen LogP contribution in [0.4, 0.5) is 0 Å². The highest BCUT2D eigenvalue weighted by Crippen LogP contribution is 2.34. The van der Waals surface area contributed by atoms with Gasteiger partial charge in [0.15, 0.2) is 0 Å². The monoisotopic (exact) mass is 222 g/mol. The molecule has 3 nitrogen and oxygen atoms in total. The van der Waals surface area contributed by atoms with Crippen LogP contribution in [-0.4, -0.2) is 20.8 Å². The second kappa shape index (κ2) is 5.00. The summed E-state index contributed by atoms with van der Waals surface area (Å²) in [6.45, 7) is 2.27. The van der Waals surface area contributed by atoms with Crippen molar-refractivity contribution in [2.75, 3.05) is 0 Å². The van der Waals surface area contributed by atoms with Crippen LogP contribution in [-0.2, 0) is 13.5 Å². The van der Waals surface area contributed by atoms with Crippen molar-refractivity contribution in [2.45, 2.75) is 45.1 Å². The summed E-state index contributed by atoms with van der Waals surface area (Å²) < 4.78 is 2.03. The minimum atomic E-state index is -0.144. The molecule has 0 aromatic carbocycles. The van der Waals surface area contributed by atoms with Gasteiger partial charge in [0.2, 0.25) is 0 Å². The van der Waals surface area contributed by atoms with Gasteiger partial charge in [-0.05, 0) is 24.7 Å². The van der Waals surface area contributed by atoms with E-state index in [2.05, 4.69) is 11.9 Å². The predicted molar refractivity (Wildman–Crippen MR) is 64.0 cm³/mol. The van der Waals surface area contributed by atoms with Crippen LogP contribution >= 0.6 is 0 Å². The van der Waals surface area contributed by atoms with E-state index in [0.717, 1.165) is 18.7 Å². The molecule has 1 fully saturated rings. The maximum absolute atomic E-state index is 10.2. The Morgan fingerprint density at radius 2 is 2.38 bits per heavy atom. The van der Waals surface area contributed by atoms with E-state index in [1.54, 1.807) is 0 Å². The fraction of sp³-hybridized carbons (Fsp3) is 0.769. The lowest BCUT2D eigenvalue weighted by Gasteiger charge is -2.21. The van der Waals surface area contributed by atoms with Gasteiger partial charge in [-0.3, -0.25) is 0 Å². The van der Waals surface area contributed by atoms with Crippen LogP contribution in [0.5, 0.6) is 0 Å². The lowest BCUT2D eigenvalue weighted by atomic mass is 9.90. The fourth-order valence-electron chi connectivity index (χ4n) is 2.87. The second-order valence-corrected chi connectivity index (χ2v) is 5.13. The summed E-state index contributed by atoms with van der Waals surface area (Å²) in [5.74, 6) is 2.28. The Labute approximate surface area is 97.5 Å². The van der Waals surface area contributed by atoms with Crippen molar-refractivity contribution in [3.63, 3.8) is 0 Å². The smallest absolute Gasteiger partial charge is 0.108 e. The summed E-state index contributed by atoms with van der Waals surface area (Å²) in [4.78, 5) is 4.29. The lowest BCUT2D eigenvalue weighted by Crippen LogP contribution is -2.23. The molecule has 3 unspecified atom stereocenters. The number of aromatic nitrogens is 2. The number of nitrogens with zero attached hydrogens (tertiary/aromatic N) is 2. The van der Waals surface area contributed by atoms with Crippen LogP contribution in [0.15, 0.2) is 12.4 Å². The van der Waals surface area contributed by atoms with Crippen molar-refractivity contribution in [3.05, 3.63) is 18.2 Å². The number of aliphatic hydroxyl groups is 1. The highest BCUT2D eigenvalue weighted by molar-refractivity contribution is 4.92. The zero-order chi connectivity index (χ0) is 11.5. The first-order valence-electron chi connectivity index (χ1n) is 6.32. The molecule has 1 aromatic rings. The first kappa shape index (κ1) is 11.6. The van der Waals surface area contributed by atoms with Crippen molar-refractivity contribution < 1.29 is 5.11 Å². The van der Waals surface area contributed by atoms with Gasteiger partial charge in [0, 0.05) is 25.9 Å². The maximum Gasteiger partial charge on any atom is 0.108 e. The normalized spacial score (nSPS) is 27.2. The predicted octanol–water partition coefficient (Wildman–Crippen LogP) is 2.15. The van der Waals surface area contributed by atoms with Crippen LogP contribution < -0.4 is 0 Å². The first-order valence-corrected chi connectivity index (χ1v) is 6.32. The van der Waals surface area contributed by atoms with Crippen molar-refractivity contribution in [2.24, 2.45) is 18.9 Å². The molecule has 3 heteroatoms. The Hall–Kier alpha value is -0.830. The van der Waals surface area contributed by atoms with E-state index in [9.17, 15) is 5.11 Å². The van der Waals surface area contributed by atoms with Crippen LogP contribution in [0.3, 0.4) is 0 Å². The van der Waals surface area contributed by atoms with E-state index in [4.69, 9.17) is 0 Å². The molecular formula is C13H22N2O. The molecule has 1 aliphatic carbocycles. The highest BCUT2D eigenvalue weighted by Gasteiger charge is 2.29. The van der Waals surface area contributed by atoms with E-state index in [-0.39, 0.29) is 6.10 Å². The van der Waals surface area contributed by atoms with Crippen LogP contribution in [0.1, 0.15) is 38.4 Å². The molecule has 0 radical (unpaired) electrons. The quantitative estimate of drug-likeness (QED) is 0.847. The third-order valence-corrected chi connectivity index (χ3v) is 4.01. The Bertz CT molecular complexity index is 334. The maximum atomic E-state index is 10.2. The standard InChI is InChI=1S/C13H22N2O/c1-10-4-3-5-11(10)12(16)6-7-13-14-8-9-15(13)2/h8-12,16H,3-7H2,1-2H3. The molecule has 0 bridgehead atoms. The van der Waals surface area contributed by atoms with Gasteiger partial charge in [-0.15, -0.1) is 0 Å². The fourth-order valence-corrected chi connectivity index (χ4v) is 2.87. The van der Waals surface area contributed by atoms with Crippen LogP contribution in [0.25, 0.3) is 0 Å². The number of hydrogen-bond donors (Lipinski definition) is 1. The summed E-state index contributed by atoms with van der Waals surface area (Å²) in [5.41, 5.74) is 0. The van der Waals surface area contributed by atoms with Crippen molar-refractivity contribution in [1.29, 1.82) is 0 Å². The average Bonchev–Trinajstić information content (AvgIpc) is 2.84. The Kier molecular flexibility index (Phi) is 3.64. The molecule has 3 atom stereocenters. The molecule has 90 valence electrons. The number of rotatable bonds is 4. The van der Waals surface area contributed by atoms with Crippen molar-refractivity contribution in [3.8, 4) is 0 Å². The molecule has 1 saturated carbocycles. The summed E-state index contributed by atoms with van der Waals surface area (Å²) >= 11 is 0. The topological polar surface area (TPSA) is 38.1 Å². The molecule has 0 amide bonds. The molecule has 1 heterocycles. The summed E-state index contributed by atoms with van der Waals surface area (Å²) in [7, 11) is 2.01. The third kappa shape index (κ3) is 2.46. The number of aryl methyl sites for hydroxylation is 2. The average molecular weight is 222 g/mol. The summed E-state index contributed by atoms with van der Waals surface area (Å²) in [6.07, 6.45) is 9.13. The number of imidazole rings is 1. The van der Waals surface area contributed by atoms with Gasteiger partial charge in [0.1, 0.15) is 5.82 Å². The molecule has 0 saturated heterocycles. The molecule has 0 spiro atoms. The van der Waals surface area contributed by atoms with Gasteiger partial charge in [0.25, 0.3) is 0 Å². The van der Waals surface area contributed by atoms with Gasteiger partial charge < -0.3 is 9.67 Å². The molecule has 1 aliphatic rings. The van der Waals surface area contributed by atoms with Gasteiger partial charge in [-0.1, -0.05) is 19.8 Å². The zero-order valence-electron chi connectivity index (χ0n) is 10.3. The van der Waals surface area contributed by atoms with Gasteiger partial charge in [-0.2, -0.15) is 0 Å². The summed E-state index contributed by atoms with van der Waals surface area (Å²) in [6, 6.07) is 0. The summed E-state index contributed by atoms with van der Waals surface area (Å²) in [5, 5.41) is 10.2. The van der Waals surface area contributed by atoms with E-state index in [1.165, 1.54) is 19.3 Å². The molecule has 1 N–H and O–H groups in total. The van der Waals surface area contributed by atoms with Gasteiger partial charge in [0.05, 0.1) is 6.10 Å². The highest BCUT2D eigenvalue weighted by atomic mass is 16.3. The zero-order valence-corrected chi connectivity index (χ0v) is 10.3. The number of aliphatic hydroxyl groups excluding tert-OH is 1. The second-order valence-electron chi connectivity index (χ2n) is 5.13. The SMILES string of the molecule is CC1CCCC1C(O)CCc1nccn1C. The molecule has 16 heavy (non-hydrogen) atoms. The minimum Gasteiger partial charge on any atom is -0.393 e. The van der Waals surface area contributed by atoms with Crippen LogP contribution in [0.2, 0.25) is 0 Å². The van der Waals surface area contributed by atoms with Crippen molar-refractivity contribution in [1.82, 2.24) is 9.55 Å². The largest absolute Gasteiger partial charge is 0.393 e. The minimum absolute atomic E-state index is 0.144. The Balaban J connectivity index is 1.84.